The number of thiophene rings is 1. The second-order valence-corrected chi connectivity index (χ2v) is 9.14. The van der Waals surface area contributed by atoms with Crippen molar-refractivity contribution in [2.45, 2.75) is 39.7 Å². The molecular formula is C26H29NO2S. The van der Waals surface area contributed by atoms with Crippen molar-refractivity contribution in [3.8, 4) is 5.75 Å². The minimum atomic E-state index is 0.163. The first-order chi connectivity index (χ1) is 14.6. The summed E-state index contributed by atoms with van der Waals surface area (Å²) < 4.78 is 5.99. The topological polar surface area (TPSA) is 29.5 Å². The van der Waals surface area contributed by atoms with E-state index < -0.39 is 0 Å². The van der Waals surface area contributed by atoms with E-state index in [1.807, 2.05) is 28.5 Å². The number of likely N-dealkylation sites (tertiary alicyclic amines) is 1. The van der Waals surface area contributed by atoms with Crippen molar-refractivity contribution in [2.75, 3.05) is 13.1 Å². The summed E-state index contributed by atoms with van der Waals surface area (Å²) in [6.45, 7) is 6.36. The van der Waals surface area contributed by atoms with Gasteiger partial charge < -0.3 is 9.64 Å². The molecule has 1 aliphatic heterocycles. The zero-order chi connectivity index (χ0) is 20.9. The average molecular weight is 420 g/mol. The molecule has 0 spiro atoms. The third-order valence-electron chi connectivity index (χ3n) is 6.08. The van der Waals surface area contributed by atoms with Gasteiger partial charge in [0.1, 0.15) is 12.4 Å². The maximum absolute atomic E-state index is 12.9. The van der Waals surface area contributed by atoms with Crippen LogP contribution in [0.4, 0.5) is 0 Å². The summed E-state index contributed by atoms with van der Waals surface area (Å²) in [5, 5.41) is 2.04. The molecule has 0 saturated carbocycles. The first-order valence-electron chi connectivity index (χ1n) is 10.7. The smallest absolute Gasteiger partial charge is 0.263 e. The van der Waals surface area contributed by atoms with Gasteiger partial charge in [-0.25, -0.2) is 0 Å². The van der Waals surface area contributed by atoms with Gasteiger partial charge in [-0.15, -0.1) is 11.3 Å². The van der Waals surface area contributed by atoms with Gasteiger partial charge in [-0.1, -0.05) is 42.5 Å². The lowest BCUT2D eigenvalue weighted by Crippen LogP contribution is -2.38. The van der Waals surface area contributed by atoms with Crippen LogP contribution in [0.25, 0.3) is 0 Å². The Morgan fingerprint density at radius 3 is 2.57 bits per heavy atom. The van der Waals surface area contributed by atoms with Crippen LogP contribution >= 0.6 is 11.3 Å². The Bertz CT molecular complexity index is 987. The van der Waals surface area contributed by atoms with Crippen molar-refractivity contribution >= 4 is 17.2 Å². The summed E-state index contributed by atoms with van der Waals surface area (Å²) in [5.74, 6) is 1.74. The molecule has 1 amide bonds. The van der Waals surface area contributed by atoms with E-state index in [4.69, 9.17) is 4.74 Å². The fraction of sp³-hybridized carbons (Fsp3) is 0.346. The molecule has 0 atom stereocenters. The van der Waals surface area contributed by atoms with Crippen LogP contribution in [0, 0.1) is 19.8 Å². The predicted molar refractivity (Wildman–Crippen MR) is 123 cm³/mol. The highest BCUT2D eigenvalue weighted by molar-refractivity contribution is 7.12. The molecule has 1 fully saturated rings. The fourth-order valence-corrected chi connectivity index (χ4v) is 4.91. The highest BCUT2D eigenvalue weighted by atomic mass is 32.1. The lowest BCUT2D eigenvalue weighted by Gasteiger charge is -2.31. The molecule has 156 valence electrons. The summed E-state index contributed by atoms with van der Waals surface area (Å²) in [7, 11) is 0. The van der Waals surface area contributed by atoms with Crippen LogP contribution in [-0.2, 0) is 13.0 Å². The van der Waals surface area contributed by atoms with E-state index in [9.17, 15) is 4.79 Å². The van der Waals surface area contributed by atoms with Crippen LogP contribution in [0.3, 0.4) is 0 Å². The van der Waals surface area contributed by atoms with Crippen LogP contribution in [0.5, 0.6) is 5.75 Å². The lowest BCUT2D eigenvalue weighted by molar-refractivity contribution is 0.0695. The molecule has 0 bridgehead atoms. The quantitative estimate of drug-likeness (QED) is 0.487. The molecule has 3 aromatic rings. The van der Waals surface area contributed by atoms with E-state index in [1.165, 1.54) is 28.0 Å². The summed E-state index contributed by atoms with van der Waals surface area (Å²) in [4.78, 5) is 15.8. The zero-order valence-electron chi connectivity index (χ0n) is 17.8. The third-order valence-corrected chi connectivity index (χ3v) is 7.05. The number of carbonyl (C=O) groups excluding carboxylic acids is 1. The van der Waals surface area contributed by atoms with Gasteiger partial charge in [-0.05, 0) is 73.2 Å². The van der Waals surface area contributed by atoms with Crippen LogP contribution in [0.15, 0.2) is 60.0 Å². The second-order valence-electron chi connectivity index (χ2n) is 8.23. The van der Waals surface area contributed by atoms with Crippen molar-refractivity contribution in [3.63, 3.8) is 0 Å². The molecule has 2 aromatic carbocycles. The number of hydrogen-bond acceptors (Lipinski definition) is 3. The number of aryl methyl sites for hydroxylation is 1. The Labute approximate surface area is 183 Å². The van der Waals surface area contributed by atoms with Gasteiger partial charge in [0.2, 0.25) is 0 Å². The van der Waals surface area contributed by atoms with Gasteiger partial charge in [0, 0.05) is 18.7 Å². The Morgan fingerprint density at radius 2 is 1.80 bits per heavy atom. The van der Waals surface area contributed by atoms with Gasteiger partial charge in [-0.3, -0.25) is 4.79 Å². The Kier molecular flexibility index (Phi) is 6.53. The van der Waals surface area contributed by atoms with Crippen molar-refractivity contribution in [1.29, 1.82) is 0 Å². The van der Waals surface area contributed by atoms with E-state index in [0.29, 0.717) is 12.5 Å². The maximum atomic E-state index is 12.9. The molecular weight excluding hydrogens is 390 g/mol. The molecule has 1 saturated heterocycles. The van der Waals surface area contributed by atoms with Crippen molar-refractivity contribution < 1.29 is 9.53 Å². The normalized spacial score (nSPS) is 14.7. The van der Waals surface area contributed by atoms with Gasteiger partial charge in [-0.2, -0.15) is 0 Å². The number of hydrogen-bond donors (Lipinski definition) is 0. The number of carbonyl (C=O) groups is 1. The van der Waals surface area contributed by atoms with E-state index in [2.05, 4.69) is 50.2 Å². The Morgan fingerprint density at radius 1 is 1.03 bits per heavy atom. The standard InChI is InChI=1S/C26H29NO2S/c1-19-7-6-10-24(20(19)2)29-17-23-16-25(30-18-23)26(28)27-13-11-22(12-14-27)15-21-8-4-3-5-9-21/h3-10,16,18,22H,11-15,17H2,1-2H3. The minimum Gasteiger partial charge on any atom is -0.489 e. The highest BCUT2D eigenvalue weighted by Crippen LogP contribution is 2.26. The molecule has 2 heterocycles. The molecule has 0 radical (unpaired) electrons. The van der Waals surface area contributed by atoms with Crippen molar-refractivity contribution in [3.05, 3.63) is 87.1 Å². The maximum Gasteiger partial charge on any atom is 0.263 e. The van der Waals surface area contributed by atoms with Crippen molar-refractivity contribution in [2.24, 2.45) is 5.92 Å². The fourth-order valence-electron chi connectivity index (χ4n) is 4.05. The molecule has 3 nitrogen and oxygen atoms in total. The molecule has 0 unspecified atom stereocenters. The number of benzene rings is 2. The van der Waals surface area contributed by atoms with E-state index in [1.54, 1.807) is 0 Å². The minimum absolute atomic E-state index is 0.163. The summed E-state index contributed by atoms with van der Waals surface area (Å²) >= 11 is 1.53. The van der Waals surface area contributed by atoms with E-state index >= 15 is 0 Å². The lowest BCUT2D eigenvalue weighted by atomic mass is 9.90. The van der Waals surface area contributed by atoms with Crippen molar-refractivity contribution in [1.82, 2.24) is 4.90 Å². The van der Waals surface area contributed by atoms with Crippen LogP contribution in [0.2, 0.25) is 0 Å². The van der Waals surface area contributed by atoms with Gasteiger partial charge in [0.15, 0.2) is 0 Å². The SMILES string of the molecule is Cc1cccc(OCc2csc(C(=O)N3CCC(Cc4ccccc4)CC3)c2)c1C. The second kappa shape index (κ2) is 9.48. The van der Waals surface area contributed by atoms with Crippen LogP contribution in [-0.4, -0.2) is 23.9 Å². The molecule has 4 rings (SSSR count). The summed E-state index contributed by atoms with van der Waals surface area (Å²) in [6, 6.07) is 18.8. The van der Waals surface area contributed by atoms with Gasteiger partial charge in [0.25, 0.3) is 5.91 Å². The molecule has 30 heavy (non-hydrogen) atoms. The Hall–Kier alpha value is -2.59. The number of amides is 1. The summed E-state index contributed by atoms with van der Waals surface area (Å²) in [5.41, 5.74) is 4.85. The van der Waals surface area contributed by atoms with Gasteiger partial charge in [0.05, 0.1) is 4.88 Å². The molecule has 4 heteroatoms. The van der Waals surface area contributed by atoms with E-state index in [0.717, 1.165) is 48.5 Å². The number of piperidine rings is 1. The molecule has 1 aromatic heterocycles. The monoisotopic (exact) mass is 419 g/mol. The number of nitrogens with zero attached hydrogens (tertiary/aromatic N) is 1. The van der Waals surface area contributed by atoms with Gasteiger partial charge >= 0.3 is 0 Å². The average Bonchev–Trinajstić information content (AvgIpc) is 3.25. The Balaban J connectivity index is 1.29. The third kappa shape index (κ3) is 4.93. The predicted octanol–water partition coefficient (Wildman–Crippen LogP) is 6.04. The first kappa shape index (κ1) is 20.7. The number of ether oxygens (including phenoxy) is 1. The van der Waals surface area contributed by atoms with E-state index in [-0.39, 0.29) is 5.91 Å². The van der Waals surface area contributed by atoms with Crippen LogP contribution in [0.1, 0.15) is 44.8 Å². The molecule has 1 aliphatic rings. The highest BCUT2D eigenvalue weighted by Gasteiger charge is 2.24. The number of rotatable bonds is 6. The first-order valence-corrected chi connectivity index (χ1v) is 11.6. The molecule has 0 aliphatic carbocycles. The summed E-state index contributed by atoms with van der Waals surface area (Å²) in [6.07, 6.45) is 3.27. The van der Waals surface area contributed by atoms with Crippen LogP contribution < -0.4 is 4.74 Å². The largest absolute Gasteiger partial charge is 0.489 e. The molecule has 0 N–H and O–H groups in total. The zero-order valence-corrected chi connectivity index (χ0v) is 18.6.